The average Bonchev–Trinajstić information content (AvgIpc) is 2.77. The Labute approximate surface area is 195 Å². The first-order valence-electron chi connectivity index (χ1n) is 13.3. The number of rotatable bonds is 25. The lowest BCUT2D eigenvalue weighted by Gasteiger charge is -2.18. The minimum atomic E-state index is -0.289. The van der Waals surface area contributed by atoms with E-state index in [2.05, 4.69) is 13.8 Å². The van der Waals surface area contributed by atoms with Crippen molar-refractivity contribution >= 4 is 13.8 Å². The first-order valence-corrected chi connectivity index (χ1v) is 13.3. The molecule has 0 aliphatic rings. The maximum absolute atomic E-state index is 12.0. The van der Waals surface area contributed by atoms with Gasteiger partial charge in [-0.3, -0.25) is 4.79 Å². The fourth-order valence-electron chi connectivity index (χ4n) is 3.50. The van der Waals surface area contributed by atoms with Crippen molar-refractivity contribution in [3.63, 3.8) is 0 Å². The van der Waals surface area contributed by atoms with Crippen molar-refractivity contribution in [3.05, 3.63) is 0 Å². The van der Waals surface area contributed by atoms with E-state index in [1.165, 1.54) is 64.2 Å². The second kappa shape index (κ2) is 25.7. The Morgan fingerprint density at radius 2 is 1.10 bits per heavy atom. The molecular formula is C26H51BO4. The third-order valence-electron chi connectivity index (χ3n) is 5.55. The number of hydrogen-bond acceptors (Lipinski definition) is 4. The van der Waals surface area contributed by atoms with E-state index in [4.69, 9.17) is 22.1 Å². The van der Waals surface area contributed by atoms with E-state index < -0.39 is 0 Å². The SMILES string of the molecule is [B]CCCCCCOC(=O)CCC(OCCCCCCCC)OCCCCCCCC. The van der Waals surface area contributed by atoms with Crippen LogP contribution in [0, 0.1) is 0 Å². The first kappa shape index (κ1) is 30.5. The summed E-state index contributed by atoms with van der Waals surface area (Å²) in [4.78, 5) is 12.0. The highest BCUT2D eigenvalue weighted by atomic mass is 16.7. The van der Waals surface area contributed by atoms with Crippen molar-refractivity contribution in [2.24, 2.45) is 0 Å². The average molecular weight is 439 g/mol. The quantitative estimate of drug-likeness (QED) is 0.0639. The predicted octanol–water partition coefficient (Wildman–Crippen LogP) is 7.54. The monoisotopic (exact) mass is 438 g/mol. The van der Waals surface area contributed by atoms with Crippen molar-refractivity contribution < 1.29 is 19.0 Å². The summed E-state index contributed by atoms with van der Waals surface area (Å²) < 4.78 is 17.3. The molecule has 0 bridgehead atoms. The Bertz CT molecular complexity index is 347. The van der Waals surface area contributed by atoms with Crippen molar-refractivity contribution in [2.45, 2.75) is 142 Å². The number of carbonyl (C=O) groups excluding carboxylic acids is 1. The minimum absolute atomic E-state index is 0.143. The van der Waals surface area contributed by atoms with E-state index in [0.29, 0.717) is 32.7 Å². The van der Waals surface area contributed by atoms with Crippen LogP contribution in [0.25, 0.3) is 0 Å². The topological polar surface area (TPSA) is 44.8 Å². The zero-order valence-electron chi connectivity index (χ0n) is 20.8. The van der Waals surface area contributed by atoms with Crippen LogP contribution in [0.15, 0.2) is 0 Å². The number of hydrogen-bond donors (Lipinski definition) is 0. The summed E-state index contributed by atoms with van der Waals surface area (Å²) in [5.74, 6) is -0.143. The van der Waals surface area contributed by atoms with Gasteiger partial charge in [0.2, 0.25) is 0 Å². The highest BCUT2D eigenvalue weighted by molar-refractivity contribution is 6.08. The number of carbonyl (C=O) groups is 1. The molecule has 4 nitrogen and oxygen atoms in total. The largest absolute Gasteiger partial charge is 0.466 e. The molecule has 31 heavy (non-hydrogen) atoms. The molecule has 0 heterocycles. The Kier molecular flexibility index (Phi) is 25.3. The standard InChI is InChI=1S/C26H51BO4/c1-3-5-7-9-12-17-23-30-26(31-24-18-13-10-8-6-4-2)20-19-25(28)29-22-16-14-11-15-21-27/h26H,3-24H2,1-2H3. The van der Waals surface area contributed by atoms with Crippen LogP contribution in [0.4, 0.5) is 0 Å². The van der Waals surface area contributed by atoms with Gasteiger partial charge in [-0.2, -0.15) is 0 Å². The highest BCUT2D eigenvalue weighted by Gasteiger charge is 2.13. The van der Waals surface area contributed by atoms with Crippen molar-refractivity contribution in [1.82, 2.24) is 0 Å². The first-order chi connectivity index (χ1) is 15.2. The van der Waals surface area contributed by atoms with Crippen molar-refractivity contribution in [1.29, 1.82) is 0 Å². The van der Waals surface area contributed by atoms with Gasteiger partial charge in [0.15, 0.2) is 6.29 Å². The van der Waals surface area contributed by atoms with E-state index in [1.54, 1.807) is 0 Å². The molecule has 0 N–H and O–H groups in total. The van der Waals surface area contributed by atoms with Crippen molar-refractivity contribution in [2.75, 3.05) is 19.8 Å². The molecule has 0 saturated heterocycles. The Balaban J connectivity index is 3.99. The van der Waals surface area contributed by atoms with Crippen molar-refractivity contribution in [3.8, 4) is 0 Å². The maximum Gasteiger partial charge on any atom is 0.305 e. The van der Waals surface area contributed by atoms with Gasteiger partial charge in [-0.1, -0.05) is 104 Å². The van der Waals surface area contributed by atoms with E-state index in [-0.39, 0.29) is 12.3 Å². The van der Waals surface area contributed by atoms with E-state index in [1.807, 2.05) is 0 Å². The Morgan fingerprint density at radius 1 is 0.645 bits per heavy atom. The molecule has 0 aliphatic carbocycles. The van der Waals surface area contributed by atoms with Gasteiger partial charge >= 0.3 is 5.97 Å². The fourth-order valence-corrected chi connectivity index (χ4v) is 3.50. The third kappa shape index (κ3) is 23.9. The molecule has 0 spiro atoms. The number of esters is 1. The smallest absolute Gasteiger partial charge is 0.305 e. The molecule has 0 rings (SSSR count). The Hall–Kier alpha value is -0.545. The van der Waals surface area contributed by atoms with Gasteiger partial charge in [0.25, 0.3) is 0 Å². The summed E-state index contributed by atoms with van der Waals surface area (Å²) in [7, 11) is 5.49. The summed E-state index contributed by atoms with van der Waals surface area (Å²) >= 11 is 0. The van der Waals surface area contributed by atoms with Gasteiger partial charge in [0, 0.05) is 19.6 Å². The van der Waals surface area contributed by atoms with Gasteiger partial charge in [-0.25, -0.2) is 0 Å². The zero-order valence-corrected chi connectivity index (χ0v) is 20.8. The third-order valence-corrected chi connectivity index (χ3v) is 5.55. The molecular weight excluding hydrogens is 387 g/mol. The van der Waals surface area contributed by atoms with E-state index in [9.17, 15) is 4.79 Å². The van der Waals surface area contributed by atoms with Crippen LogP contribution in [0.3, 0.4) is 0 Å². The molecule has 0 unspecified atom stereocenters. The minimum Gasteiger partial charge on any atom is -0.466 e. The molecule has 0 saturated carbocycles. The lowest BCUT2D eigenvalue weighted by molar-refractivity contribution is -0.159. The van der Waals surface area contributed by atoms with Gasteiger partial charge in [0.1, 0.15) is 0 Å². The van der Waals surface area contributed by atoms with Crippen LogP contribution in [-0.4, -0.2) is 39.9 Å². The lowest BCUT2D eigenvalue weighted by Crippen LogP contribution is -2.21. The van der Waals surface area contributed by atoms with Crippen LogP contribution in [0.2, 0.25) is 6.32 Å². The summed E-state index contributed by atoms with van der Waals surface area (Å²) in [6.07, 6.45) is 20.4. The highest BCUT2D eigenvalue weighted by Crippen LogP contribution is 2.12. The molecule has 0 amide bonds. The second-order valence-corrected chi connectivity index (χ2v) is 8.67. The van der Waals surface area contributed by atoms with Crippen LogP contribution in [-0.2, 0) is 19.0 Å². The molecule has 0 fully saturated rings. The maximum atomic E-state index is 12.0. The van der Waals surface area contributed by atoms with Crippen LogP contribution >= 0.6 is 0 Å². The molecule has 0 aromatic carbocycles. The number of unbranched alkanes of at least 4 members (excludes halogenated alkanes) is 13. The predicted molar refractivity (Wildman–Crippen MR) is 132 cm³/mol. The summed E-state index contributed by atoms with van der Waals surface area (Å²) in [6, 6.07) is 0. The van der Waals surface area contributed by atoms with Gasteiger partial charge in [-0.05, 0) is 19.3 Å². The van der Waals surface area contributed by atoms with Gasteiger partial charge < -0.3 is 14.2 Å². The summed E-state index contributed by atoms with van der Waals surface area (Å²) in [6.45, 7) is 6.40. The molecule has 0 atom stereocenters. The molecule has 0 aliphatic heterocycles. The number of ether oxygens (including phenoxy) is 3. The van der Waals surface area contributed by atoms with E-state index >= 15 is 0 Å². The Morgan fingerprint density at radius 3 is 1.61 bits per heavy atom. The normalized spacial score (nSPS) is 11.3. The van der Waals surface area contributed by atoms with Gasteiger partial charge in [-0.15, -0.1) is 0 Å². The zero-order chi connectivity index (χ0) is 22.8. The van der Waals surface area contributed by atoms with Crippen LogP contribution < -0.4 is 0 Å². The molecule has 0 aromatic heterocycles. The van der Waals surface area contributed by atoms with Gasteiger partial charge in [0.05, 0.1) is 20.9 Å². The molecule has 182 valence electrons. The summed E-state index contributed by atoms with van der Waals surface area (Å²) in [5.41, 5.74) is 0. The summed E-state index contributed by atoms with van der Waals surface area (Å²) in [5, 5.41) is 0. The van der Waals surface area contributed by atoms with Crippen LogP contribution in [0.1, 0.15) is 129 Å². The molecule has 5 heteroatoms. The molecule has 2 radical (unpaired) electrons. The lowest BCUT2D eigenvalue weighted by atomic mass is 9.99. The second-order valence-electron chi connectivity index (χ2n) is 8.67. The van der Waals surface area contributed by atoms with E-state index in [0.717, 1.165) is 44.8 Å². The fraction of sp³-hybridized carbons (Fsp3) is 0.962. The molecule has 0 aromatic rings. The van der Waals surface area contributed by atoms with Crippen LogP contribution in [0.5, 0.6) is 0 Å².